The number of carbonyl (C=O) groups excluding carboxylic acids is 2. The van der Waals surface area contributed by atoms with Crippen LogP contribution in [0.3, 0.4) is 0 Å². The molecule has 26 heavy (non-hydrogen) atoms. The number of halogens is 1. The minimum atomic E-state index is -0.292. The minimum Gasteiger partial charge on any atom is -0.326 e. The molecule has 2 N–H and O–H groups in total. The van der Waals surface area contributed by atoms with Crippen molar-refractivity contribution in [2.45, 2.75) is 34.1 Å². The van der Waals surface area contributed by atoms with Crippen LogP contribution in [0.4, 0.5) is 11.4 Å². The standard InChI is InChI=1S/C21H23ClN2O2/c1-11-7-13(3)19(14(4)8-11)24-21(26)17-10-16(17)20(25)23-18-9-15(22)6-5-12(18)2/h5-9,16-17H,10H2,1-4H3,(H,23,25)(H,24,26). The monoisotopic (exact) mass is 370 g/mol. The van der Waals surface area contributed by atoms with Gasteiger partial charge < -0.3 is 10.6 Å². The lowest BCUT2D eigenvalue weighted by atomic mass is 10.0. The lowest BCUT2D eigenvalue weighted by Crippen LogP contribution is -2.21. The third kappa shape index (κ3) is 3.91. The largest absolute Gasteiger partial charge is 0.326 e. The van der Waals surface area contributed by atoms with Gasteiger partial charge in [-0.15, -0.1) is 0 Å². The van der Waals surface area contributed by atoms with Crippen molar-refractivity contribution < 1.29 is 9.59 Å². The summed E-state index contributed by atoms with van der Waals surface area (Å²) in [6.07, 6.45) is 0.571. The van der Waals surface area contributed by atoms with Gasteiger partial charge in [0, 0.05) is 16.4 Å². The Morgan fingerprint density at radius 2 is 1.46 bits per heavy atom. The molecule has 0 radical (unpaired) electrons. The molecule has 1 saturated carbocycles. The van der Waals surface area contributed by atoms with Crippen molar-refractivity contribution in [3.63, 3.8) is 0 Å². The molecule has 3 rings (SSSR count). The summed E-state index contributed by atoms with van der Waals surface area (Å²) in [7, 11) is 0. The maximum atomic E-state index is 12.5. The van der Waals surface area contributed by atoms with Crippen LogP contribution in [0.25, 0.3) is 0 Å². The van der Waals surface area contributed by atoms with Crippen molar-refractivity contribution in [2.75, 3.05) is 10.6 Å². The first-order valence-corrected chi connectivity index (χ1v) is 9.10. The van der Waals surface area contributed by atoms with E-state index in [1.165, 1.54) is 5.56 Å². The van der Waals surface area contributed by atoms with E-state index >= 15 is 0 Å². The van der Waals surface area contributed by atoms with E-state index in [9.17, 15) is 9.59 Å². The normalized spacial score (nSPS) is 18.3. The summed E-state index contributed by atoms with van der Waals surface area (Å²) in [5.74, 6) is -0.801. The molecule has 0 aromatic heterocycles. The molecule has 0 bridgehead atoms. The molecule has 2 amide bonds. The van der Waals surface area contributed by atoms with Gasteiger partial charge >= 0.3 is 0 Å². The molecule has 1 aliphatic carbocycles. The van der Waals surface area contributed by atoms with E-state index in [0.717, 1.165) is 22.4 Å². The van der Waals surface area contributed by atoms with E-state index in [2.05, 4.69) is 10.6 Å². The highest BCUT2D eigenvalue weighted by atomic mass is 35.5. The van der Waals surface area contributed by atoms with Gasteiger partial charge in [-0.05, 0) is 62.9 Å². The predicted octanol–water partition coefficient (Wildman–Crippen LogP) is 4.79. The van der Waals surface area contributed by atoms with Crippen molar-refractivity contribution in [3.8, 4) is 0 Å². The van der Waals surface area contributed by atoms with E-state index in [1.54, 1.807) is 12.1 Å². The van der Waals surface area contributed by atoms with Gasteiger partial charge in [0.25, 0.3) is 0 Å². The zero-order valence-corrected chi connectivity index (χ0v) is 16.2. The molecule has 2 unspecified atom stereocenters. The molecule has 0 heterocycles. The van der Waals surface area contributed by atoms with Gasteiger partial charge in [-0.2, -0.15) is 0 Å². The second-order valence-electron chi connectivity index (χ2n) is 7.16. The summed E-state index contributed by atoms with van der Waals surface area (Å²) < 4.78 is 0. The Morgan fingerprint density at radius 1 is 0.885 bits per heavy atom. The summed E-state index contributed by atoms with van der Waals surface area (Å²) >= 11 is 5.99. The Kier molecular flexibility index (Phi) is 5.05. The summed E-state index contributed by atoms with van der Waals surface area (Å²) in [4.78, 5) is 25.0. The van der Waals surface area contributed by atoms with Crippen LogP contribution in [0.5, 0.6) is 0 Å². The van der Waals surface area contributed by atoms with E-state index in [0.29, 0.717) is 17.1 Å². The zero-order chi connectivity index (χ0) is 19.0. The van der Waals surface area contributed by atoms with Gasteiger partial charge in [0.05, 0.1) is 11.8 Å². The highest BCUT2D eigenvalue weighted by molar-refractivity contribution is 6.31. The fourth-order valence-corrected chi connectivity index (χ4v) is 3.49. The van der Waals surface area contributed by atoms with Crippen LogP contribution in [0, 0.1) is 39.5 Å². The molecular weight excluding hydrogens is 348 g/mol. The third-order valence-electron chi connectivity index (χ3n) is 4.85. The number of amides is 2. The van der Waals surface area contributed by atoms with Gasteiger partial charge in [0.1, 0.15) is 0 Å². The number of hydrogen-bond donors (Lipinski definition) is 2. The van der Waals surface area contributed by atoms with Crippen LogP contribution < -0.4 is 10.6 Å². The van der Waals surface area contributed by atoms with E-state index in [4.69, 9.17) is 11.6 Å². The summed E-state index contributed by atoms with van der Waals surface area (Å²) in [5.41, 5.74) is 5.71. The molecule has 0 aliphatic heterocycles. The number of aryl methyl sites for hydroxylation is 4. The molecule has 5 heteroatoms. The summed E-state index contributed by atoms with van der Waals surface area (Å²) in [5, 5.41) is 6.46. The van der Waals surface area contributed by atoms with Crippen LogP contribution >= 0.6 is 11.6 Å². The van der Waals surface area contributed by atoms with Gasteiger partial charge in [-0.1, -0.05) is 35.4 Å². The van der Waals surface area contributed by atoms with Crippen LogP contribution in [-0.2, 0) is 9.59 Å². The lowest BCUT2D eigenvalue weighted by Gasteiger charge is -2.13. The fourth-order valence-electron chi connectivity index (χ4n) is 3.32. The first-order chi connectivity index (χ1) is 12.3. The second kappa shape index (κ2) is 7.12. The first kappa shape index (κ1) is 18.5. The Labute approximate surface area is 158 Å². The number of hydrogen-bond acceptors (Lipinski definition) is 2. The molecule has 2 aromatic carbocycles. The van der Waals surface area contributed by atoms with Gasteiger partial charge in [-0.25, -0.2) is 0 Å². The Balaban J connectivity index is 1.64. The Hall–Kier alpha value is -2.33. The maximum Gasteiger partial charge on any atom is 0.228 e. The summed E-state index contributed by atoms with van der Waals surface area (Å²) in [6, 6.07) is 9.46. The van der Waals surface area contributed by atoms with Crippen LogP contribution in [0.15, 0.2) is 30.3 Å². The SMILES string of the molecule is Cc1cc(C)c(NC(=O)C2CC2C(=O)Nc2cc(Cl)ccc2C)c(C)c1. The number of nitrogens with one attached hydrogen (secondary N) is 2. The molecule has 0 saturated heterocycles. The smallest absolute Gasteiger partial charge is 0.228 e. The molecule has 1 fully saturated rings. The van der Waals surface area contributed by atoms with Gasteiger partial charge in [0.15, 0.2) is 0 Å². The molecule has 2 atom stereocenters. The first-order valence-electron chi connectivity index (χ1n) is 8.72. The highest BCUT2D eigenvalue weighted by Crippen LogP contribution is 2.41. The molecular formula is C21H23ClN2O2. The van der Waals surface area contributed by atoms with E-state index < -0.39 is 0 Å². The topological polar surface area (TPSA) is 58.2 Å². The number of rotatable bonds is 4. The zero-order valence-electron chi connectivity index (χ0n) is 15.4. The Bertz CT molecular complexity index is 869. The van der Waals surface area contributed by atoms with E-state index in [1.807, 2.05) is 45.9 Å². The van der Waals surface area contributed by atoms with Gasteiger partial charge in [0.2, 0.25) is 11.8 Å². The number of carbonyl (C=O) groups is 2. The molecule has 136 valence electrons. The van der Waals surface area contributed by atoms with Crippen molar-refractivity contribution in [1.29, 1.82) is 0 Å². The van der Waals surface area contributed by atoms with Crippen molar-refractivity contribution in [1.82, 2.24) is 0 Å². The summed E-state index contributed by atoms with van der Waals surface area (Å²) in [6.45, 7) is 7.90. The third-order valence-corrected chi connectivity index (χ3v) is 5.08. The average Bonchev–Trinajstić information content (AvgIpc) is 3.35. The highest BCUT2D eigenvalue weighted by Gasteiger charge is 2.48. The lowest BCUT2D eigenvalue weighted by molar-refractivity contribution is -0.122. The van der Waals surface area contributed by atoms with Crippen LogP contribution in [0.1, 0.15) is 28.7 Å². The van der Waals surface area contributed by atoms with Crippen LogP contribution in [-0.4, -0.2) is 11.8 Å². The van der Waals surface area contributed by atoms with Crippen LogP contribution in [0.2, 0.25) is 5.02 Å². The predicted molar refractivity (Wildman–Crippen MR) is 106 cm³/mol. The maximum absolute atomic E-state index is 12.5. The van der Waals surface area contributed by atoms with Gasteiger partial charge in [-0.3, -0.25) is 9.59 Å². The Morgan fingerprint density at radius 3 is 2.08 bits per heavy atom. The fraction of sp³-hybridized carbons (Fsp3) is 0.333. The van der Waals surface area contributed by atoms with Crippen molar-refractivity contribution in [3.05, 3.63) is 57.6 Å². The second-order valence-corrected chi connectivity index (χ2v) is 7.60. The average molecular weight is 371 g/mol. The van der Waals surface area contributed by atoms with E-state index in [-0.39, 0.29) is 23.7 Å². The van der Waals surface area contributed by atoms with Crippen molar-refractivity contribution >= 4 is 34.8 Å². The molecule has 2 aromatic rings. The quantitative estimate of drug-likeness (QED) is 0.813. The molecule has 0 spiro atoms. The molecule has 4 nitrogen and oxygen atoms in total. The molecule has 1 aliphatic rings. The number of anilines is 2. The number of benzene rings is 2. The minimum absolute atomic E-state index is 0.0944. The van der Waals surface area contributed by atoms with Crippen molar-refractivity contribution in [2.24, 2.45) is 11.8 Å².